The van der Waals surface area contributed by atoms with Gasteiger partial charge in [-0.05, 0) is 37.4 Å². The predicted octanol–water partition coefficient (Wildman–Crippen LogP) is 3.74. The van der Waals surface area contributed by atoms with Crippen LogP contribution in [0.4, 0.5) is 13.2 Å². The summed E-state index contributed by atoms with van der Waals surface area (Å²) in [5, 5.41) is 3.28. The van der Waals surface area contributed by atoms with Crippen molar-refractivity contribution < 1.29 is 22.6 Å². The van der Waals surface area contributed by atoms with Gasteiger partial charge in [-0.2, -0.15) is 0 Å². The highest BCUT2D eigenvalue weighted by Crippen LogP contribution is 2.31. The van der Waals surface area contributed by atoms with E-state index in [4.69, 9.17) is 4.74 Å². The molecule has 0 unspecified atom stereocenters. The van der Waals surface area contributed by atoms with Gasteiger partial charge in [0.1, 0.15) is 6.61 Å². The van der Waals surface area contributed by atoms with Gasteiger partial charge in [-0.25, -0.2) is 0 Å². The fourth-order valence-corrected chi connectivity index (χ4v) is 2.53. The Balaban J connectivity index is 1.72. The van der Waals surface area contributed by atoms with Crippen molar-refractivity contribution in [3.8, 4) is 11.5 Å². The maximum atomic E-state index is 12.2. The minimum Gasteiger partial charge on any atom is -0.488 e. The van der Waals surface area contributed by atoms with Crippen LogP contribution in [0, 0.1) is 5.92 Å². The maximum Gasteiger partial charge on any atom is 0.573 e. The molecular formula is C15H20F3NO2. The Labute approximate surface area is 122 Å². The number of nitrogens with one attached hydrogen (secondary N) is 1. The summed E-state index contributed by atoms with van der Waals surface area (Å²) in [6.07, 6.45) is 0.405. The number of ether oxygens (including phenoxy) is 2. The van der Waals surface area contributed by atoms with Gasteiger partial charge in [0.05, 0.1) is 0 Å². The van der Waals surface area contributed by atoms with E-state index in [9.17, 15) is 13.2 Å². The smallest absolute Gasteiger partial charge is 0.488 e. The molecule has 0 aromatic heterocycles. The number of alkyl halides is 3. The molecule has 0 heterocycles. The second kappa shape index (κ2) is 7.54. The summed E-state index contributed by atoms with van der Waals surface area (Å²) in [5.41, 5.74) is 0. The van der Waals surface area contributed by atoms with E-state index in [1.807, 2.05) is 0 Å². The molecule has 6 heteroatoms. The largest absolute Gasteiger partial charge is 0.573 e. The highest BCUT2D eigenvalue weighted by Gasteiger charge is 2.32. The Morgan fingerprint density at radius 1 is 1.10 bits per heavy atom. The molecule has 1 aromatic rings. The molecule has 0 amide bonds. The van der Waals surface area contributed by atoms with Crippen LogP contribution in [0.25, 0.3) is 0 Å². The lowest BCUT2D eigenvalue weighted by molar-refractivity contribution is -0.275. The van der Waals surface area contributed by atoms with Crippen molar-refractivity contribution in [2.24, 2.45) is 5.92 Å². The zero-order chi connectivity index (χ0) is 15.1. The molecule has 0 aliphatic heterocycles. The van der Waals surface area contributed by atoms with Crippen molar-refractivity contribution in [1.29, 1.82) is 0 Å². The first-order valence-electron chi connectivity index (χ1n) is 7.23. The normalized spacial score (nSPS) is 16.1. The molecule has 3 nitrogen and oxygen atoms in total. The van der Waals surface area contributed by atoms with Crippen molar-refractivity contribution in [2.45, 2.75) is 32.0 Å². The van der Waals surface area contributed by atoms with Gasteiger partial charge in [-0.1, -0.05) is 25.0 Å². The van der Waals surface area contributed by atoms with E-state index in [-0.39, 0.29) is 11.5 Å². The predicted molar refractivity (Wildman–Crippen MR) is 73.4 cm³/mol. The summed E-state index contributed by atoms with van der Waals surface area (Å²) in [7, 11) is 0. The fraction of sp³-hybridized carbons (Fsp3) is 0.600. The first-order chi connectivity index (χ1) is 10.0. The van der Waals surface area contributed by atoms with Gasteiger partial charge in [-0.3, -0.25) is 0 Å². The topological polar surface area (TPSA) is 30.5 Å². The van der Waals surface area contributed by atoms with E-state index in [1.54, 1.807) is 6.07 Å². The van der Waals surface area contributed by atoms with Gasteiger partial charge in [0.25, 0.3) is 0 Å². The first-order valence-corrected chi connectivity index (χ1v) is 7.23. The molecular weight excluding hydrogens is 283 g/mol. The molecule has 0 spiro atoms. The van der Waals surface area contributed by atoms with Crippen LogP contribution < -0.4 is 14.8 Å². The molecule has 1 fully saturated rings. The Morgan fingerprint density at radius 3 is 2.43 bits per heavy atom. The third-order valence-corrected chi connectivity index (χ3v) is 3.52. The average molecular weight is 303 g/mol. The Bertz CT molecular complexity index is 431. The van der Waals surface area contributed by atoms with Crippen LogP contribution in [-0.4, -0.2) is 26.1 Å². The van der Waals surface area contributed by atoms with Crippen LogP contribution in [0.15, 0.2) is 24.3 Å². The minimum absolute atomic E-state index is 0.109. The number of rotatable bonds is 7. The van der Waals surface area contributed by atoms with E-state index in [2.05, 4.69) is 10.1 Å². The molecule has 0 bridgehead atoms. The average Bonchev–Trinajstić information content (AvgIpc) is 2.91. The quantitative estimate of drug-likeness (QED) is 0.778. The fourth-order valence-electron chi connectivity index (χ4n) is 2.53. The van der Waals surface area contributed by atoms with E-state index in [0.717, 1.165) is 12.5 Å². The summed E-state index contributed by atoms with van der Waals surface area (Å²) >= 11 is 0. The third-order valence-electron chi connectivity index (χ3n) is 3.52. The van der Waals surface area contributed by atoms with Crippen molar-refractivity contribution in [2.75, 3.05) is 19.7 Å². The summed E-state index contributed by atoms with van der Waals surface area (Å²) < 4.78 is 46.0. The number of hydrogen-bond donors (Lipinski definition) is 1. The summed E-state index contributed by atoms with van der Waals surface area (Å²) in [5.74, 6) is 0.532. The lowest BCUT2D eigenvalue weighted by Gasteiger charge is -2.14. The van der Waals surface area contributed by atoms with Gasteiger partial charge >= 0.3 is 6.36 Å². The monoisotopic (exact) mass is 303 g/mol. The second-order valence-corrected chi connectivity index (χ2v) is 5.20. The number of halogens is 3. The van der Waals surface area contributed by atoms with E-state index >= 15 is 0 Å². The Morgan fingerprint density at radius 2 is 1.76 bits per heavy atom. The highest BCUT2D eigenvalue weighted by atomic mass is 19.4. The lowest BCUT2D eigenvalue weighted by Crippen LogP contribution is -2.26. The van der Waals surface area contributed by atoms with Crippen molar-refractivity contribution >= 4 is 0 Å². The maximum absolute atomic E-state index is 12.2. The molecule has 2 rings (SSSR count). The van der Waals surface area contributed by atoms with Crippen molar-refractivity contribution in [3.05, 3.63) is 24.3 Å². The van der Waals surface area contributed by atoms with Gasteiger partial charge in [0, 0.05) is 6.54 Å². The number of hydrogen-bond acceptors (Lipinski definition) is 3. The minimum atomic E-state index is -4.71. The lowest BCUT2D eigenvalue weighted by atomic mass is 10.1. The van der Waals surface area contributed by atoms with Crippen LogP contribution in [0.2, 0.25) is 0 Å². The van der Waals surface area contributed by atoms with Gasteiger partial charge in [0.2, 0.25) is 0 Å². The van der Waals surface area contributed by atoms with Crippen LogP contribution >= 0.6 is 0 Å². The molecule has 0 saturated heterocycles. The summed E-state index contributed by atoms with van der Waals surface area (Å²) in [6.45, 7) is 1.87. The number of benzene rings is 1. The Hall–Kier alpha value is -1.43. The van der Waals surface area contributed by atoms with E-state index in [0.29, 0.717) is 13.2 Å². The SMILES string of the molecule is FC(F)(F)Oc1ccccc1OCCNCC1CCCC1. The first kappa shape index (κ1) is 15.9. The van der Waals surface area contributed by atoms with Gasteiger partial charge < -0.3 is 14.8 Å². The molecule has 1 aliphatic rings. The standard InChI is InChI=1S/C15H20F3NO2/c16-15(17,18)21-14-8-4-3-7-13(14)20-10-9-19-11-12-5-1-2-6-12/h3-4,7-8,12,19H,1-2,5-6,9-11H2. The van der Waals surface area contributed by atoms with E-state index in [1.165, 1.54) is 43.9 Å². The van der Waals surface area contributed by atoms with E-state index < -0.39 is 6.36 Å². The van der Waals surface area contributed by atoms with Crippen LogP contribution in [-0.2, 0) is 0 Å². The van der Waals surface area contributed by atoms with Crippen LogP contribution in [0.1, 0.15) is 25.7 Å². The summed E-state index contributed by atoms with van der Waals surface area (Å²) in [4.78, 5) is 0. The van der Waals surface area contributed by atoms with Gasteiger partial charge in [-0.15, -0.1) is 13.2 Å². The summed E-state index contributed by atoms with van der Waals surface area (Å²) in [6, 6.07) is 5.81. The molecule has 21 heavy (non-hydrogen) atoms. The molecule has 0 atom stereocenters. The van der Waals surface area contributed by atoms with Crippen LogP contribution in [0.3, 0.4) is 0 Å². The highest BCUT2D eigenvalue weighted by molar-refractivity contribution is 5.39. The molecule has 1 aromatic carbocycles. The molecule has 1 saturated carbocycles. The zero-order valence-electron chi connectivity index (χ0n) is 11.8. The third kappa shape index (κ3) is 5.83. The van der Waals surface area contributed by atoms with Gasteiger partial charge in [0.15, 0.2) is 11.5 Å². The van der Waals surface area contributed by atoms with Crippen LogP contribution in [0.5, 0.6) is 11.5 Å². The molecule has 0 radical (unpaired) electrons. The zero-order valence-corrected chi connectivity index (χ0v) is 11.8. The molecule has 1 N–H and O–H groups in total. The number of para-hydroxylation sites is 2. The Kier molecular flexibility index (Phi) is 5.73. The van der Waals surface area contributed by atoms with Crippen molar-refractivity contribution in [1.82, 2.24) is 5.32 Å². The molecule has 118 valence electrons. The molecule has 1 aliphatic carbocycles. The second-order valence-electron chi connectivity index (χ2n) is 5.20. The van der Waals surface area contributed by atoms with Crippen molar-refractivity contribution in [3.63, 3.8) is 0 Å².